The highest BCUT2D eigenvalue weighted by molar-refractivity contribution is 5.94. The van der Waals surface area contributed by atoms with E-state index in [-0.39, 0.29) is 12.1 Å². The SMILES string of the molecule is CCCC(=O)Nc1cncc(-c2cc3c(cn2)NC2NC2=C3c2nc3ncccc3[nH]2)c1. The topological polar surface area (TPSA) is 130 Å². The van der Waals surface area contributed by atoms with Crippen LogP contribution < -0.4 is 16.0 Å². The van der Waals surface area contributed by atoms with Crippen molar-refractivity contribution >= 4 is 34.0 Å². The van der Waals surface area contributed by atoms with Gasteiger partial charge < -0.3 is 20.9 Å². The lowest BCUT2D eigenvalue weighted by molar-refractivity contribution is -0.116. The second-order valence-electron chi connectivity index (χ2n) is 7.85. The number of hydrogen-bond acceptors (Lipinski definition) is 7. The number of amides is 1. The van der Waals surface area contributed by atoms with E-state index in [1.807, 2.05) is 37.4 Å². The first-order chi connectivity index (χ1) is 15.7. The number of anilines is 2. The summed E-state index contributed by atoms with van der Waals surface area (Å²) in [7, 11) is 0. The number of carbonyl (C=O) groups excluding carboxylic acids is 1. The third-order valence-electron chi connectivity index (χ3n) is 5.54. The number of nitrogens with zero attached hydrogens (tertiary/aromatic N) is 4. The number of carbonyl (C=O) groups is 1. The summed E-state index contributed by atoms with van der Waals surface area (Å²) >= 11 is 0. The van der Waals surface area contributed by atoms with Crippen molar-refractivity contribution in [3.05, 3.63) is 66.1 Å². The van der Waals surface area contributed by atoms with Crippen LogP contribution in [0.5, 0.6) is 0 Å². The number of imidazole rings is 1. The van der Waals surface area contributed by atoms with Crippen LogP contribution in [0.4, 0.5) is 11.4 Å². The maximum Gasteiger partial charge on any atom is 0.224 e. The molecule has 4 aromatic heterocycles. The van der Waals surface area contributed by atoms with E-state index in [4.69, 9.17) is 4.98 Å². The molecule has 1 saturated heterocycles. The summed E-state index contributed by atoms with van der Waals surface area (Å²) in [5, 5.41) is 9.70. The number of rotatable bonds is 5. The number of fused-ring (bicyclic) bond motifs is 3. The van der Waals surface area contributed by atoms with Crippen molar-refractivity contribution in [3.8, 4) is 11.3 Å². The van der Waals surface area contributed by atoms with E-state index >= 15 is 0 Å². The van der Waals surface area contributed by atoms with Crippen LogP contribution in [0.3, 0.4) is 0 Å². The molecule has 0 aliphatic carbocycles. The lowest BCUT2D eigenvalue weighted by Gasteiger charge is -2.17. The second kappa shape index (κ2) is 7.16. The van der Waals surface area contributed by atoms with Crippen LogP contribution >= 0.6 is 0 Å². The third kappa shape index (κ3) is 3.15. The molecule has 158 valence electrons. The molecule has 2 aliphatic rings. The Kier molecular flexibility index (Phi) is 4.14. The molecule has 6 rings (SSSR count). The molecule has 32 heavy (non-hydrogen) atoms. The van der Waals surface area contributed by atoms with E-state index in [9.17, 15) is 4.79 Å². The fourth-order valence-corrected chi connectivity index (χ4v) is 3.99. The van der Waals surface area contributed by atoms with E-state index in [2.05, 4.69) is 35.9 Å². The summed E-state index contributed by atoms with van der Waals surface area (Å²) in [4.78, 5) is 33.3. The fraction of sp³-hybridized carbons (Fsp3) is 0.174. The molecule has 1 atom stereocenters. The van der Waals surface area contributed by atoms with Gasteiger partial charge in [-0.2, -0.15) is 0 Å². The highest BCUT2D eigenvalue weighted by Gasteiger charge is 2.39. The van der Waals surface area contributed by atoms with Crippen molar-refractivity contribution in [1.82, 2.24) is 30.2 Å². The molecule has 0 spiro atoms. The van der Waals surface area contributed by atoms with Gasteiger partial charge in [0.25, 0.3) is 0 Å². The van der Waals surface area contributed by atoms with Crippen molar-refractivity contribution in [2.45, 2.75) is 25.9 Å². The smallest absolute Gasteiger partial charge is 0.224 e. The Labute approximate surface area is 183 Å². The Morgan fingerprint density at radius 1 is 1.16 bits per heavy atom. The summed E-state index contributed by atoms with van der Waals surface area (Å²) in [6, 6.07) is 7.77. The van der Waals surface area contributed by atoms with Gasteiger partial charge in [0, 0.05) is 35.5 Å². The van der Waals surface area contributed by atoms with Gasteiger partial charge in [0.15, 0.2) is 5.65 Å². The van der Waals surface area contributed by atoms with E-state index in [0.29, 0.717) is 17.8 Å². The van der Waals surface area contributed by atoms with E-state index in [1.54, 1.807) is 18.6 Å². The molecular weight excluding hydrogens is 404 g/mol. The van der Waals surface area contributed by atoms with Crippen molar-refractivity contribution in [2.75, 3.05) is 10.6 Å². The molecule has 2 aliphatic heterocycles. The van der Waals surface area contributed by atoms with Crippen LogP contribution in [-0.4, -0.2) is 37.0 Å². The number of hydrogen-bond donors (Lipinski definition) is 4. The number of nitrogens with one attached hydrogen (secondary N) is 4. The Hall–Kier alpha value is -4.27. The number of aromatic amines is 1. The quantitative estimate of drug-likeness (QED) is 0.362. The van der Waals surface area contributed by atoms with Crippen LogP contribution in [0.15, 0.2) is 54.7 Å². The molecule has 4 N–H and O–H groups in total. The highest BCUT2D eigenvalue weighted by atomic mass is 16.1. The summed E-state index contributed by atoms with van der Waals surface area (Å²) in [6.45, 7) is 1.97. The Bertz CT molecular complexity index is 1370. The minimum atomic E-state index is -0.0228. The van der Waals surface area contributed by atoms with Gasteiger partial charge in [0.1, 0.15) is 12.0 Å². The van der Waals surface area contributed by atoms with Crippen LogP contribution in [0.2, 0.25) is 0 Å². The molecule has 0 saturated carbocycles. The summed E-state index contributed by atoms with van der Waals surface area (Å²) < 4.78 is 0. The molecule has 1 amide bonds. The van der Waals surface area contributed by atoms with Gasteiger partial charge in [-0.25, -0.2) is 9.97 Å². The fourth-order valence-electron chi connectivity index (χ4n) is 3.99. The minimum Gasteiger partial charge on any atom is -0.360 e. The summed E-state index contributed by atoms with van der Waals surface area (Å²) in [5.74, 6) is 0.743. The zero-order valence-electron chi connectivity index (χ0n) is 17.3. The second-order valence-corrected chi connectivity index (χ2v) is 7.85. The van der Waals surface area contributed by atoms with E-state index < -0.39 is 0 Å². The first kappa shape index (κ1) is 18.5. The van der Waals surface area contributed by atoms with Crippen molar-refractivity contribution in [2.24, 2.45) is 0 Å². The monoisotopic (exact) mass is 424 g/mol. The maximum atomic E-state index is 12.0. The Balaban J connectivity index is 1.40. The van der Waals surface area contributed by atoms with E-state index in [1.165, 1.54) is 0 Å². The van der Waals surface area contributed by atoms with Crippen molar-refractivity contribution < 1.29 is 4.79 Å². The minimum absolute atomic E-state index is 0.0228. The first-order valence-electron chi connectivity index (χ1n) is 10.5. The van der Waals surface area contributed by atoms with Gasteiger partial charge in [-0.1, -0.05) is 6.92 Å². The van der Waals surface area contributed by atoms with Crippen molar-refractivity contribution in [3.63, 3.8) is 0 Å². The van der Waals surface area contributed by atoms with Gasteiger partial charge >= 0.3 is 0 Å². The van der Waals surface area contributed by atoms with E-state index in [0.717, 1.165) is 51.5 Å². The summed E-state index contributed by atoms with van der Waals surface area (Å²) in [5.41, 5.74) is 7.83. The first-order valence-corrected chi connectivity index (χ1v) is 10.5. The van der Waals surface area contributed by atoms with Crippen LogP contribution in [0.25, 0.3) is 28.0 Å². The predicted molar refractivity (Wildman–Crippen MR) is 121 cm³/mol. The number of aromatic nitrogens is 5. The molecule has 9 nitrogen and oxygen atoms in total. The maximum absolute atomic E-state index is 12.0. The third-order valence-corrected chi connectivity index (χ3v) is 5.54. The molecule has 1 unspecified atom stereocenters. The van der Waals surface area contributed by atoms with Crippen LogP contribution in [0.1, 0.15) is 31.2 Å². The van der Waals surface area contributed by atoms with Gasteiger partial charge in [0.2, 0.25) is 5.91 Å². The average Bonchev–Trinajstić information content (AvgIpc) is 3.44. The highest BCUT2D eigenvalue weighted by Crippen LogP contribution is 2.42. The largest absolute Gasteiger partial charge is 0.360 e. The molecule has 9 heteroatoms. The standard InChI is InChI=1S/C23H20N8O/c1-2-4-18(32)27-13-7-12(9-24-10-13)16-8-14-17(11-26-16)29-23-20(30-23)19(14)22-28-15-5-3-6-25-21(15)31-22/h3,5-11,23,29-30H,2,4H2,1H3,(H,27,32)(H,25,28,31). The number of pyridine rings is 3. The number of H-pyrrole nitrogens is 1. The van der Waals surface area contributed by atoms with Gasteiger partial charge in [-0.05, 0) is 30.7 Å². The lowest BCUT2D eigenvalue weighted by atomic mass is 9.99. The van der Waals surface area contributed by atoms with Crippen LogP contribution in [-0.2, 0) is 4.79 Å². The van der Waals surface area contributed by atoms with Gasteiger partial charge in [-0.3, -0.25) is 14.8 Å². The molecule has 6 heterocycles. The molecule has 4 aromatic rings. The Morgan fingerprint density at radius 3 is 2.97 bits per heavy atom. The summed E-state index contributed by atoms with van der Waals surface area (Å²) in [6.07, 6.45) is 8.31. The van der Waals surface area contributed by atoms with Gasteiger partial charge in [-0.15, -0.1) is 0 Å². The van der Waals surface area contributed by atoms with Crippen LogP contribution in [0, 0.1) is 0 Å². The van der Waals surface area contributed by atoms with Crippen molar-refractivity contribution in [1.29, 1.82) is 0 Å². The molecular formula is C23H20N8O. The normalized spacial score (nSPS) is 16.1. The molecule has 0 radical (unpaired) electrons. The molecule has 0 aromatic carbocycles. The van der Waals surface area contributed by atoms with Gasteiger partial charge in [0.05, 0.1) is 40.7 Å². The zero-order valence-corrected chi connectivity index (χ0v) is 17.3. The Morgan fingerprint density at radius 2 is 2.09 bits per heavy atom. The predicted octanol–water partition coefficient (Wildman–Crippen LogP) is 3.27. The molecule has 0 bridgehead atoms. The molecule has 1 fully saturated rings. The average molecular weight is 424 g/mol. The zero-order chi connectivity index (χ0) is 21.7. The lowest BCUT2D eigenvalue weighted by Crippen LogP contribution is -2.12.